The number of nitrogens with one attached hydrogen (secondary N) is 1. The maximum absolute atomic E-state index is 12.9. The molecule has 0 aliphatic carbocycles. The van der Waals surface area contributed by atoms with Crippen molar-refractivity contribution in [1.29, 1.82) is 0 Å². The minimum Gasteiger partial charge on any atom is -0.479 e. The normalized spacial score (nSPS) is 12.9. The van der Waals surface area contributed by atoms with Crippen molar-refractivity contribution in [2.75, 3.05) is 0 Å². The molecule has 0 saturated carbocycles. The summed E-state index contributed by atoms with van der Waals surface area (Å²) in [7, 11) is 0. The van der Waals surface area contributed by atoms with Crippen molar-refractivity contribution in [2.24, 2.45) is 0 Å². The smallest absolute Gasteiger partial charge is 0.332 e. The highest BCUT2D eigenvalue weighted by Gasteiger charge is 2.23. The molecule has 1 unspecified atom stereocenters. The van der Waals surface area contributed by atoms with Crippen LogP contribution in [0.15, 0.2) is 66.7 Å². The second kappa shape index (κ2) is 9.90. The van der Waals surface area contributed by atoms with E-state index < -0.39 is 24.0 Å². The minimum absolute atomic E-state index is 0.182. The van der Waals surface area contributed by atoms with E-state index in [1.807, 2.05) is 42.5 Å². The van der Waals surface area contributed by atoms with Gasteiger partial charge in [0.25, 0.3) is 5.91 Å². The molecule has 1 amide bonds. The van der Waals surface area contributed by atoms with E-state index in [1.165, 1.54) is 12.1 Å². The molecule has 34 heavy (non-hydrogen) atoms. The van der Waals surface area contributed by atoms with Crippen LogP contribution in [0.2, 0.25) is 5.02 Å². The molecule has 1 heterocycles. The molecule has 1 aromatic heterocycles. The zero-order valence-corrected chi connectivity index (χ0v) is 18.6. The van der Waals surface area contributed by atoms with Crippen LogP contribution in [0.4, 0.5) is 0 Å². The van der Waals surface area contributed by atoms with Crippen LogP contribution >= 0.6 is 11.6 Å². The first kappa shape index (κ1) is 23.2. The number of aliphatic hydroxyl groups excluding tert-OH is 1. The fraction of sp³-hybridized carbons (Fsp3) is 0.167. The molecule has 9 nitrogen and oxygen atoms in total. The minimum atomic E-state index is -1.64. The van der Waals surface area contributed by atoms with Crippen molar-refractivity contribution < 1.29 is 25.0 Å². The van der Waals surface area contributed by atoms with Gasteiger partial charge >= 0.3 is 5.97 Å². The third-order valence-corrected chi connectivity index (χ3v) is 5.65. The van der Waals surface area contributed by atoms with E-state index in [1.54, 1.807) is 12.1 Å². The Labute approximate surface area is 199 Å². The van der Waals surface area contributed by atoms with Gasteiger partial charge in [0.1, 0.15) is 11.0 Å². The Morgan fingerprint density at radius 2 is 1.79 bits per heavy atom. The summed E-state index contributed by atoms with van der Waals surface area (Å²) in [5, 5.41) is 39.4. The number of benzene rings is 3. The first-order valence-corrected chi connectivity index (χ1v) is 10.8. The fourth-order valence-electron chi connectivity index (χ4n) is 3.67. The number of carbonyl (C=O) groups is 2. The van der Waals surface area contributed by atoms with E-state index in [9.17, 15) is 19.9 Å². The third kappa shape index (κ3) is 5.33. The maximum Gasteiger partial charge on any atom is 0.332 e. The number of hydrogen-bond acceptors (Lipinski definition) is 6. The van der Waals surface area contributed by atoms with Crippen LogP contribution in [-0.2, 0) is 11.2 Å². The van der Waals surface area contributed by atoms with Crippen LogP contribution in [-0.4, -0.2) is 54.6 Å². The number of fused-ring (bicyclic) bond motifs is 1. The van der Waals surface area contributed by atoms with E-state index in [0.29, 0.717) is 21.8 Å². The van der Waals surface area contributed by atoms with Crippen LogP contribution in [0.25, 0.3) is 22.2 Å². The Balaban J connectivity index is 1.52. The molecule has 3 aromatic carbocycles. The zero-order chi connectivity index (χ0) is 24.2. The van der Waals surface area contributed by atoms with E-state index in [4.69, 9.17) is 16.7 Å². The lowest BCUT2D eigenvalue weighted by molar-refractivity contribution is -0.147. The van der Waals surface area contributed by atoms with Crippen molar-refractivity contribution in [1.82, 2.24) is 20.5 Å². The second-order valence-corrected chi connectivity index (χ2v) is 8.29. The first-order chi connectivity index (χ1) is 16.3. The van der Waals surface area contributed by atoms with Crippen LogP contribution < -0.4 is 5.32 Å². The molecular weight excluding hydrogens is 460 g/mol. The van der Waals surface area contributed by atoms with Crippen LogP contribution in [0.3, 0.4) is 0 Å². The van der Waals surface area contributed by atoms with Gasteiger partial charge in [-0.05, 0) is 58.7 Å². The van der Waals surface area contributed by atoms with Crippen molar-refractivity contribution in [2.45, 2.75) is 25.0 Å². The summed E-state index contributed by atoms with van der Waals surface area (Å²) >= 11 is 6.07. The number of amides is 1. The topological polar surface area (TPSA) is 138 Å². The van der Waals surface area contributed by atoms with Gasteiger partial charge < -0.3 is 20.7 Å². The van der Waals surface area contributed by atoms with E-state index in [2.05, 4.69) is 15.6 Å². The summed E-state index contributed by atoms with van der Waals surface area (Å²) in [6.07, 6.45) is -1.52. The summed E-state index contributed by atoms with van der Waals surface area (Å²) < 4.78 is 0. The quantitative estimate of drug-likeness (QED) is 0.284. The molecule has 0 radical (unpaired) electrons. The lowest BCUT2D eigenvalue weighted by Crippen LogP contribution is -2.40. The van der Waals surface area contributed by atoms with Gasteiger partial charge in [0.15, 0.2) is 6.10 Å². The fourth-order valence-corrected chi connectivity index (χ4v) is 3.86. The number of carboxylic acid groups (broad SMARTS) is 1. The molecule has 0 aliphatic rings. The average Bonchev–Trinajstić information content (AvgIpc) is 3.19. The largest absolute Gasteiger partial charge is 0.479 e. The van der Waals surface area contributed by atoms with Gasteiger partial charge in [0, 0.05) is 23.0 Å². The summed E-state index contributed by atoms with van der Waals surface area (Å²) in [4.78, 5) is 24.6. The van der Waals surface area contributed by atoms with Gasteiger partial charge in [-0.2, -0.15) is 0 Å². The Bertz CT molecular complexity index is 1340. The number of halogens is 1. The number of carbonyl (C=O) groups excluding carboxylic acids is 1. The van der Waals surface area contributed by atoms with E-state index in [-0.39, 0.29) is 17.5 Å². The van der Waals surface area contributed by atoms with Crippen molar-refractivity contribution in [3.05, 3.63) is 82.9 Å². The monoisotopic (exact) mass is 480 g/mol. The molecule has 0 spiro atoms. The summed E-state index contributed by atoms with van der Waals surface area (Å²) in [5.74, 6) is -1.85. The highest BCUT2D eigenvalue weighted by molar-refractivity contribution is 6.30. The van der Waals surface area contributed by atoms with Crippen molar-refractivity contribution in [3.8, 4) is 11.1 Å². The number of nitrogens with zero attached hydrogens (tertiary/aromatic N) is 3. The van der Waals surface area contributed by atoms with Crippen LogP contribution in [0, 0.1) is 0 Å². The maximum atomic E-state index is 12.9. The number of rotatable bonds is 8. The molecule has 10 heteroatoms. The van der Waals surface area contributed by atoms with E-state index >= 15 is 0 Å². The summed E-state index contributed by atoms with van der Waals surface area (Å²) in [6.45, 7) is 0. The van der Waals surface area contributed by atoms with Gasteiger partial charge in [0.05, 0.1) is 0 Å². The van der Waals surface area contributed by atoms with Crippen molar-refractivity contribution in [3.63, 3.8) is 0 Å². The number of aliphatic hydroxyl groups is 1. The SMILES string of the molecule is O=C(N[C@H](Cc1ccc(-c2cccc(Cl)c2)cc1)CC(O)C(=O)O)c1ccc2nnn(O)c2c1. The van der Waals surface area contributed by atoms with Crippen LogP contribution in [0.5, 0.6) is 0 Å². The number of aromatic nitrogens is 3. The third-order valence-electron chi connectivity index (χ3n) is 5.41. The Hall–Kier alpha value is -3.95. The standard InChI is InChI=1S/C24H21ClN4O5/c25-18-3-1-2-16(11-18)15-6-4-14(5-7-15)10-19(13-22(30)24(32)33)26-23(31)17-8-9-20-21(12-17)29(34)28-27-20/h1-9,11-12,19,22,30,34H,10,13H2,(H,26,31)(H,32,33)/t19-,22?/m1/s1. The Kier molecular flexibility index (Phi) is 6.76. The molecule has 0 saturated heterocycles. The predicted octanol–water partition coefficient (Wildman–Crippen LogP) is 3.17. The lowest BCUT2D eigenvalue weighted by Gasteiger charge is -2.21. The lowest BCUT2D eigenvalue weighted by atomic mass is 9.97. The summed E-state index contributed by atoms with van der Waals surface area (Å²) in [5.41, 5.74) is 3.67. The molecule has 0 fully saturated rings. The number of hydrogen-bond donors (Lipinski definition) is 4. The second-order valence-electron chi connectivity index (χ2n) is 7.85. The van der Waals surface area contributed by atoms with Gasteiger partial charge in [-0.15, -0.1) is 5.10 Å². The van der Waals surface area contributed by atoms with Gasteiger partial charge in [-0.1, -0.05) is 52.8 Å². The van der Waals surface area contributed by atoms with Gasteiger partial charge in [0.2, 0.25) is 0 Å². The Morgan fingerprint density at radius 3 is 2.50 bits per heavy atom. The molecule has 4 aromatic rings. The predicted molar refractivity (Wildman–Crippen MR) is 125 cm³/mol. The highest BCUT2D eigenvalue weighted by Crippen LogP contribution is 2.23. The molecule has 2 atom stereocenters. The van der Waals surface area contributed by atoms with Gasteiger partial charge in [-0.25, -0.2) is 4.79 Å². The van der Waals surface area contributed by atoms with E-state index in [0.717, 1.165) is 16.7 Å². The van der Waals surface area contributed by atoms with Crippen molar-refractivity contribution >= 4 is 34.5 Å². The number of aliphatic carboxylic acids is 1. The van der Waals surface area contributed by atoms with Crippen LogP contribution in [0.1, 0.15) is 22.3 Å². The molecule has 4 rings (SSSR count). The molecule has 4 N–H and O–H groups in total. The molecule has 0 aliphatic heterocycles. The Morgan fingerprint density at radius 1 is 1.03 bits per heavy atom. The molecule has 0 bridgehead atoms. The zero-order valence-electron chi connectivity index (χ0n) is 17.8. The first-order valence-electron chi connectivity index (χ1n) is 10.4. The number of carboxylic acids is 1. The summed E-state index contributed by atoms with van der Waals surface area (Å²) in [6, 6.07) is 18.9. The van der Waals surface area contributed by atoms with Gasteiger partial charge in [-0.3, -0.25) is 4.79 Å². The average molecular weight is 481 g/mol. The molecule has 174 valence electrons. The highest BCUT2D eigenvalue weighted by atomic mass is 35.5. The molecular formula is C24H21ClN4O5.